The largest absolute Gasteiger partial charge is 0.473 e. The van der Waals surface area contributed by atoms with Gasteiger partial charge in [0.05, 0.1) is 11.5 Å². The predicted molar refractivity (Wildman–Crippen MR) is 69.9 cm³/mol. The van der Waals surface area contributed by atoms with Crippen molar-refractivity contribution in [2.24, 2.45) is 5.84 Å². The van der Waals surface area contributed by atoms with Crippen LogP contribution in [-0.2, 0) is 0 Å². The number of aryl methyl sites for hydroxylation is 1. The first-order chi connectivity index (χ1) is 8.95. The van der Waals surface area contributed by atoms with Crippen molar-refractivity contribution in [3.8, 4) is 5.88 Å². The zero-order valence-corrected chi connectivity index (χ0v) is 11.2. The molecule has 0 saturated carbocycles. The molecule has 0 aromatic carbocycles. The second-order valence-corrected chi connectivity index (χ2v) is 4.19. The maximum atomic E-state index is 11.0. The fourth-order valence-corrected chi connectivity index (χ4v) is 1.47. The average Bonchev–Trinajstić information content (AvgIpc) is 2.33. The molecule has 0 aliphatic heterocycles. The van der Waals surface area contributed by atoms with Crippen LogP contribution in [-0.4, -0.2) is 47.0 Å². The van der Waals surface area contributed by atoms with Gasteiger partial charge in [-0.2, -0.15) is 4.98 Å². The van der Waals surface area contributed by atoms with Crippen LogP contribution in [0.25, 0.3) is 0 Å². The summed E-state index contributed by atoms with van der Waals surface area (Å²) in [5, 5.41) is 11.0. The van der Waals surface area contributed by atoms with E-state index in [9.17, 15) is 10.1 Å². The van der Waals surface area contributed by atoms with Gasteiger partial charge in [0.15, 0.2) is 0 Å². The highest BCUT2D eigenvalue weighted by Gasteiger charge is 2.23. The van der Waals surface area contributed by atoms with E-state index in [0.29, 0.717) is 6.61 Å². The van der Waals surface area contributed by atoms with Crippen LogP contribution < -0.4 is 16.0 Å². The van der Waals surface area contributed by atoms with E-state index in [1.165, 1.54) is 6.92 Å². The molecule has 0 spiro atoms. The van der Waals surface area contributed by atoms with Gasteiger partial charge >= 0.3 is 5.69 Å². The van der Waals surface area contributed by atoms with E-state index in [1.807, 2.05) is 19.0 Å². The third kappa shape index (κ3) is 4.30. The summed E-state index contributed by atoms with van der Waals surface area (Å²) in [7, 11) is 3.88. The number of nitro groups is 1. The quantitative estimate of drug-likeness (QED) is 0.314. The first-order valence-electron chi connectivity index (χ1n) is 5.73. The number of anilines is 1. The monoisotopic (exact) mass is 270 g/mol. The molecule has 0 radical (unpaired) electrons. The molecule has 0 fully saturated rings. The van der Waals surface area contributed by atoms with Gasteiger partial charge in [0.2, 0.25) is 5.95 Å². The number of hydrogen-bond donors (Lipinski definition) is 2. The van der Waals surface area contributed by atoms with Crippen LogP contribution in [0.15, 0.2) is 0 Å². The van der Waals surface area contributed by atoms with Crippen molar-refractivity contribution in [1.29, 1.82) is 0 Å². The zero-order chi connectivity index (χ0) is 14.4. The summed E-state index contributed by atoms with van der Waals surface area (Å²) >= 11 is 0. The summed E-state index contributed by atoms with van der Waals surface area (Å²) in [6.45, 7) is 2.66. The topological polar surface area (TPSA) is 119 Å². The molecule has 3 N–H and O–H groups in total. The molecule has 0 amide bonds. The first-order valence-corrected chi connectivity index (χ1v) is 5.73. The van der Waals surface area contributed by atoms with Crippen molar-refractivity contribution in [1.82, 2.24) is 14.9 Å². The summed E-state index contributed by atoms with van der Waals surface area (Å²) in [5.74, 6) is 5.22. The number of hydrazine groups is 1. The van der Waals surface area contributed by atoms with E-state index >= 15 is 0 Å². The number of nitrogen functional groups attached to an aromatic ring is 1. The SMILES string of the molecule is Cc1nc(NN)nc(OCCCN(C)C)c1[N+](=O)[O-]. The number of ether oxygens (including phenoxy) is 1. The Balaban J connectivity index is 2.84. The molecule has 1 aromatic heterocycles. The van der Waals surface area contributed by atoms with Crippen LogP contribution in [0.3, 0.4) is 0 Å². The minimum atomic E-state index is -0.559. The maximum absolute atomic E-state index is 11.0. The van der Waals surface area contributed by atoms with Crippen LogP contribution in [0.1, 0.15) is 12.1 Å². The first kappa shape index (κ1) is 15.1. The van der Waals surface area contributed by atoms with E-state index in [2.05, 4.69) is 15.4 Å². The molecular weight excluding hydrogens is 252 g/mol. The van der Waals surface area contributed by atoms with Crippen LogP contribution in [0.5, 0.6) is 5.88 Å². The standard InChI is InChI=1S/C10H18N6O3/c1-7-8(16(17)18)9(13-10(12-7)14-11)19-6-4-5-15(2)3/h4-6,11H2,1-3H3,(H,12,13,14). The second-order valence-electron chi connectivity index (χ2n) is 4.19. The maximum Gasteiger partial charge on any atom is 0.352 e. The molecule has 1 heterocycles. The van der Waals surface area contributed by atoms with Gasteiger partial charge in [-0.25, -0.2) is 10.8 Å². The summed E-state index contributed by atoms with van der Waals surface area (Å²) in [6, 6.07) is 0. The smallest absolute Gasteiger partial charge is 0.352 e. The second kappa shape index (κ2) is 6.81. The number of nitrogens with one attached hydrogen (secondary N) is 1. The van der Waals surface area contributed by atoms with Crippen LogP contribution >= 0.6 is 0 Å². The Hall–Kier alpha value is -2.00. The molecule has 106 valence electrons. The van der Waals surface area contributed by atoms with E-state index in [0.717, 1.165) is 13.0 Å². The molecule has 9 heteroatoms. The fourth-order valence-electron chi connectivity index (χ4n) is 1.47. The van der Waals surface area contributed by atoms with E-state index < -0.39 is 4.92 Å². The Labute approximate surface area is 110 Å². The van der Waals surface area contributed by atoms with Crippen molar-refractivity contribution < 1.29 is 9.66 Å². The summed E-state index contributed by atoms with van der Waals surface area (Å²) in [4.78, 5) is 20.1. The molecule has 1 aromatic rings. The van der Waals surface area contributed by atoms with Crippen molar-refractivity contribution in [3.05, 3.63) is 15.8 Å². The van der Waals surface area contributed by atoms with Gasteiger partial charge in [-0.05, 0) is 27.4 Å². The molecule has 0 aliphatic rings. The lowest BCUT2D eigenvalue weighted by Gasteiger charge is -2.11. The number of hydrogen-bond acceptors (Lipinski definition) is 8. The number of nitrogens with zero attached hydrogens (tertiary/aromatic N) is 4. The highest BCUT2D eigenvalue weighted by molar-refractivity contribution is 5.48. The van der Waals surface area contributed by atoms with Gasteiger partial charge in [0.25, 0.3) is 5.88 Å². The van der Waals surface area contributed by atoms with Crippen molar-refractivity contribution in [2.75, 3.05) is 32.7 Å². The molecule has 0 saturated heterocycles. The van der Waals surface area contributed by atoms with Gasteiger partial charge in [0.1, 0.15) is 5.69 Å². The molecule has 0 unspecified atom stereocenters. The minimum Gasteiger partial charge on any atom is -0.473 e. The fraction of sp³-hybridized carbons (Fsp3) is 0.600. The number of nitrogens with two attached hydrogens (primary N) is 1. The third-order valence-corrected chi connectivity index (χ3v) is 2.33. The van der Waals surface area contributed by atoms with Gasteiger partial charge in [-0.1, -0.05) is 0 Å². The third-order valence-electron chi connectivity index (χ3n) is 2.33. The molecular formula is C10H18N6O3. The zero-order valence-electron chi connectivity index (χ0n) is 11.2. The molecule has 0 aliphatic carbocycles. The lowest BCUT2D eigenvalue weighted by Crippen LogP contribution is -2.17. The lowest BCUT2D eigenvalue weighted by atomic mass is 10.3. The predicted octanol–water partition coefficient (Wildman–Crippen LogP) is 0.309. The summed E-state index contributed by atoms with van der Waals surface area (Å²) in [5.41, 5.74) is 2.22. The lowest BCUT2D eigenvalue weighted by molar-refractivity contribution is -0.387. The van der Waals surface area contributed by atoms with Gasteiger partial charge in [-0.15, -0.1) is 0 Å². The van der Waals surface area contributed by atoms with Gasteiger partial charge in [0, 0.05) is 6.54 Å². The molecule has 0 atom stereocenters. The van der Waals surface area contributed by atoms with Crippen molar-refractivity contribution in [2.45, 2.75) is 13.3 Å². The molecule has 19 heavy (non-hydrogen) atoms. The Morgan fingerprint density at radius 1 is 1.47 bits per heavy atom. The van der Waals surface area contributed by atoms with Crippen molar-refractivity contribution >= 4 is 11.6 Å². The van der Waals surface area contributed by atoms with Gasteiger partial charge < -0.3 is 9.64 Å². The Morgan fingerprint density at radius 2 is 2.16 bits per heavy atom. The molecule has 1 rings (SSSR count). The Bertz CT molecular complexity index is 451. The summed E-state index contributed by atoms with van der Waals surface area (Å²) in [6.07, 6.45) is 0.735. The highest BCUT2D eigenvalue weighted by atomic mass is 16.6. The van der Waals surface area contributed by atoms with Crippen LogP contribution in [0, 0.1) is 17.0 Å². The number of rotatable bonds is 7. The van der Waals surface area contributed by atoms with Gasteiger partial charge in [-0.3, -0.25) is 15.5 Å². The van der Waals surface area contributed by atoms with E-state index in [-0.39, 0.29) is 23.2 Å². The Kier molecular flexibility index (Phi) is 5.39. The molecule has 9 nitrogen and oxygen atoms in total. The number of aromatic nitrogens is 2. The normalized spacial score (nSPS) is 10.6. The van der Waals surface area contributed by atoms with E-state index in [1.54, 1.807) is 0 Å². The molecule has 0 bridgehead atoms. The van der Waals surface area contributed by atoms with Crippen molar-refractivity contribution in [3.63, 3.8) is 0 Å². The van der Waals surface area contributed by atoms with Crippen LogP contribution in [0.4, 0.5) is 11.6 Å². The minimum absolute atomic E-state index is 0.0655. The van der Waals surface area contributed by atoms with Crippen LogP contribution in [0.2, 0.25) is 0 Å². The Morgan fingerprint density at radius 3 is 2.68 bits per heavy atom. The average molecular weight is 270 g/mol. The highest BCUT2D eigenvalue weighted by Crippen LogP contribution is 2.28. The van der Waals surface area contributed by atoms with E-state index in [4.69, 9.17) is 10.6 Å². The summed E-state index contributed by atoms with van der Waals surface area (Å²) < 4.78 is 5.36.